The third-order valence-corrected chi connectivity index (χ3v) is 4.38. The molecule has 2 aromatic rings. The first-order chi connectivity index (χ1) is 12.3. The van der Waals surface area contributed by atoms with Crippen LogP contribution in [0, 0.1) is 6.92 Å². The topological polar surface area (TPSA) is 42.4 Å². The Kier molecular flexibility index (Phi) is 5.27. The summed E-state index contributed by atoms with van der Waals surface area (Å²) in [7, 11) is 0. The number of ether oxygens (including phenoxy) is 1. The number of aryl methyl sites for hydroxylation is 1. The molecule has 1 aliphatic heterocycles. The van der Waals surface area contributed by atoms with E-state index in [1.54, 1.807) is 36.2 Å². The zero-order valence-electron chi connectivity index (χ0n) is 14.3. The van der Waals surface area contributed by atoms with Crippen molar-refractivity contribution in [1.82, 2.24) is 9.88 Å². The SMILES string of the molecule is Cc1ncccc1C(=O)N1CCO[C@H](Cc2cccc(C(F)(F)F)c2)C1. The van der Waals surface area contributed by atoms with Gasteiger partial charge in [-0.1, -0.05) is 18.2 Å². The van der Waals surface area contributed by atoms with Gasteiger partial charge in [0.05, 0.1) is 23.8 Å². The molecule has 1 atom stereocenters. The van der Waals surface area contributed by atoms with Crippen molar-refractivity contribution in [3.8, 4) is 0 Å². The molecule has 26 heavy (non-hydrogen) atoms. The van der Waals surface area contributed by atoms with E-state index in [1.807, 2.05) is 0 Å². The van der Waals surface area contributed by atoms with Gasteiger partial charge in [-0.25, -0.2) is 0 Å². The van der Waals surface area contributed by atoms with E-state index in [9.17, 15) is 18.0 Å². The van der Waals surface area contributed by atoms with E-state index in [1.165, 1.54) is 6.07 Å². The molecule has 0 N–H and O–H groups in total. The van der Waals surface area contributed by atoms with Gasteiger partial charge in [-0.15, -0.1) is 0 Å². The van der Waals surface area contributed by atoms with Crippen molar-refractivity contribution in [2.45, 2.75) is 25.6 Å². The van der Waals surface area contributed by atoms with Gasteiger partial charge < -0.3 is 9.64 Å². The lowest BCUT2D eigenvalue weighted by molar-refractivity contribution is -0.137. The maximum atomic E-state index is 12.8. The number of hydrogen-bond acceptors (Lipinski definition) is 3. The molecule has 2 heterocycles. The van der Waals surface area contributed by atoms with E-state index in [0.717, 1.165) is 12.1 Å². The van der Waals surface area contributed by atoms with Crippen molar-refractivity contribution in [1.29, 1.82) is 0 Å². The van der Waals surface area contributed by atoms with Crippen LogP contribution in [0.3, 0.4) is 0 Å². The van der Waals surface area contributed by atoms with Crippen LogP contribution in [0.15, 0.2) is 42.6 Å². The number of benzene rings is 1. The van der Waals surface area contributed by atoms with Crippen molar-refractivity contribution < 1.29 is 22.7 Å². The Morgan fingerprint density at radius 3 is 2.85 bits per heavy atom. The zero-order valence-corrected chi connectivity index (χ0v) is 14.3. The smallest absolute Gasteiger partial charge is 0.374 e. The van der Waals surface area contributed by atoms with Crippen molar-refractivity contribution in [3.63, 3.8) is 0 Å². The fourth-order valence-corrected chi connectivity index (χ4v) is 3.05. The third-order valence-electron chi connectivity index (χ3n) is 4.38. The minimum atomic E-state index is -4.37. The summed E-state index contributed by atoms with van der Waals surface area (Å²) in [4.78, 5) is 18.5. The van der Waals surface area contributed by atoms with Gasteiger partial charge in [0, 0.05) is 31.4 Å². The van der Waals surface area contributed by atoms with Crippen molar-refractivity contribution in [2.75, 3.05) is 19.7 Å². The first-order valence-electron chi connectivity index (χ1n) is 8.33. The van der Waals surface area contributed by atoms with Crippen LogP contribution in [0.2, 0.25) is 0 Å². The average Bonchev–Trinajstić information content (AvgIpc) is 2.61. The Bertz CT molecular complexity index is 792. The molecule has 0 bridgehead atoms. The minimum Gasteiger partial charge on any atom is -0.374 e. The highest BCUT2D eigenvalue weighted by atomic mass is 19.4. The number of morpholine rings is 1. The number of pyridine rings is 1. The Balaban J connectivity index is 1.69. The van der Waals surface area contributed by atoms with Gasteiger partial charge in [-0.3, -0.25) is 9.78 Å². The van der Waals surface area contributed by atoms with Gasteiger partial charge in [0.2, 0.25) is 0 Å². The predicted molar refractivity (Wildman–Crippen MR) is 89.8 cm³/mol. The van der Waals surface area contributed by atoms with Crippen molar-refractivity contribution >= 4 is 5.91 Å². The second kappa shape index (κ2) is 7.45. The Morgan fingerprint density at radius 1 is 1.31 bits per heavy atom. The largest absolute Gasteiger partial charge is 0.416 e. The third kappa shape index (κ3) is 4.22. The van der Waals surface area contributed by atoms with E-state index < -0.39 is 11.7 Å². The molecular formula is C19H19F3N2O2. The van der Waals surface area contributed by atoms with Gasteiger partial charge in [-0.05, 0) is 30.7 Å². The fraction of sp³-hybridized carbons (Fsp3) is 0.368. The Hall–Kier alpha value is -2.41. The van der Waals surface area contributed by atoms with Crippen LogP contribution in [-0.2, 0) is 17.3 Å². The highest BCUT2D eigenvalue weighted by molar-refractivity contribution is 5.95. The highest BCUT2D eigenvalue weighted by Gasteiger charge is 2.31. The Morgan fingerprint density at radius 2 is 2.12 bits per heavy atom. The molecule has 0 aliphatic carbocycles. The lowest BCUT2D eigenvalue weighted by Gasteiger charge is -2.33. The fourth-order valence-electron chi connectivity index (χ4n) is 3.05. The summed E-state index contributed by atoms with van der Waals surface area (Å²) in [5.74, 6) is -0.132. The second-order valence-electron chi connectivity index (χ2n) is 6.28. The van der Waals surface area contributed by atoms with Gasteiger partial charge in [0.15, 0.2) is 0 Å². The number of carbonyl (C=O) groups is 1. The van der Waals surface area contributed by atoms with Crippen LogP contribution in [0.5, 0.6) is 0 Å². The number of alkyl halides is 3. The molecular weight excluding hydrogens is 345 g/mol. The molecule has 4 nitrogen and oxygen atoms in total. The zero-order chi connectivity index (χ0) is 18.7. The molecule has 1 aliphatic rings. The van der Waals surface area contributed by atoms with E-state index >= 15 is 0 Å². The van der Waals surface area contributed by atoms with Gasteiger partial charge in [-0.2, -0.15) is 13.2 Å². The van der Waals surface area contributed by atoms with Crippen LogP contribution in [0.4, 0.5) is 13.2 Å². The van der Waals surface area contributed by atoms with E-state index in [2.05, 4.69) is 4.98 Å². The maximum Gasteiger partial charge on any atom is 0.416 e. The number of amides is 1. The summed E-state index contributed by atoms with van der Waals surface area (Å²) >= 11 is 0. The van der Waals surface area contributed by atoms with E-state index in [0.29, 0.717) is 42.9 Å². The molecule has 0 spiro atoms. The normalized spacial score (nSPS) is 18.0. The molecule has 0 radical (unpaired) electrons. The molecule has 0 unspecified atom stereocenters. The number of hydrogen-bond donors (Lipinski definition) is 0. The van der Waals surface area contributed by atoms with Gasteiger partial charge in [0.25, 0.3) is 5.91 Å². The lowest BCUT2D eigenvalue weighted by atomic mass is 10.0. The van der Waals surface area contributed by atoms with Crippen molar-refractivity contribution in [3.05, 3.63) is 65.0 Å². The first-order valence-corrected chi connectivity index (χ1v) is 8.33. The number of nitrogens with zero attached hydrogens (tertiary/aromatic N) is 2. The first kappa shape index (κ1) is 18.4. The van der Waals surface area contributed by atoms with Crippen LogP contribution in [-0.4, -0.2) is 41.6 Å². The van der Waals surface area contributed by atoms with Gasteiger partial charge >= 0.3 is 6.18 Å². The van der Waals surface area contributed by atoms with E-state index in [4.69, 9.17) is 4.74 Å². The number of halogens is 3. The summed E-state index contributed by atoms with van der Waals surface area (Å²) in [6.07, 6.45) is -2.77. The molecule has 1 fully saturated rings. The summed E-state index contributed by atoms with van der Waals surface area (Å²) in [5, 5.41) is 0. The Labute approximate surface area is 149 Å². The second-order valence-corrected chi connectivity index (χ2v) is 6.28. The molecule has 1 amide bonds. The number of carbonyl (C=O) groups excluding carboxylic acids is 1. The minimum absolute atomic E-state index is 0.132. The maximum absolute atomic E-state index is 12.8. The molecule has 0 saturated carbocycles. The van der Waals surface area contributed by atoms with Gasteiger partial charge in [0.1, 0.15) is 0 Å². The van der Waals surface area contributed by atoms with Crippen LogP contribution < -0.4 is 0 Å². The van der Waals surface area contributed by atoms with Crippen LogP contribution in [0.1, 0.15) is 27.2 Å². The molecule has 1 aromatic heterocycles. The van der Waals surface area contributed by atoms with Crippen LogP contribution >= 0.6 is 0 Å². The quantitative estimate of drug-likeness (QED) is 0.837. The molecule has 1 aromatic carbocycles. The van der Waals surface area contributed by atoms with Crippen LogP contribution in [0.25, 0.3) is 0 Å². The number of aromatic nitrogens is 1. The molecule has 1 saturated heterocycles. The average molecular weight is 364 g/mol. The molecule has 7 heteroatoms. The van der Waals surface area contributed by atoms with E-state index in [-0.39, 0.29) is 12.0 Å². The monoisotopic (exact) mass is 364 g/mol. The van der Waals surface area contributed by atoms with Crippen molar-refractivity contribution in [2.24, 2.45) is 0 Å². The predicted octanol–water partition coefficient (Wildman–Crippen LogP) is 3.49. The summed E-state index contributed by atoms with van der Waals surface area (Å²) in [6, 6.07) is 8.65. The summed E-state index contributed by atoms with van der Waals surface area (Å²) < 4.78 is 44.2. The lowest BCUT2D eigenvalue weighted by Crippen LogP contribution is -2.46. The molecule has 3 rings (SSSR count). The standard InChI is InChI=1S/C19H19F3N2O2/c1-13-17(6-3-7-23-13)18(25)24-8-9-26-16(12-24)11-14-4-2-5-15(10-14)19(20,21)22/h2-7,10,16H,8-9,11-12H2,1H3/t16-/m1/s1. The summed E-state index contributed by atoms with van der Waals surface area (Å²) in [5.41, 5.74) is 1.05. The summed E-state index contributed by atoms with van der Waals surface area (Å²) in [6.45, 7) is 2.91. The highest BCUT2D eigenvalue weighted by Crippen LogP contribution is 2.30. The molecule has 138 valence electrons. The number of rotatable bonds is 3.